The van der Waals surface area contributed by atoms with Crippen LogP contribution in [0, 0.1) is 13.8 Å². The number of morpholine rings is 1. The minimum Gasteiger partial charge on any atom is -0.379 e. The van der Waals surface area contributed by atoms with E-state index in [0.717, 1.165) is 56.9 Å². The lowest BCUT2D eigenvalue weighted by Gasteiger charge is -2.29. The van der Waals surface area contributed by atoms with Crippen LogP contribution in [0.2, 0.25) is 0 Å². The summed E-state index contributed by atoms with van der Waals surface area (Å²) < 4.78 is 7.52. The topological polar surface area (TPSA) is 45.7 Å². The second kappa shape index (κ2) is 8.59. The Hall–Kier alpha value is -1.32. The van der Waals surface area contributed by atoms with Gasteiger partial charge in [0.25, 0.3) is 5.91 Å². The number of anilines is 1. The van der Waals surface area contributed by atoms with E-state index in [2.05, 4.69) is 46.8 Å². The van der Waals surface area contributed by atoms with Gasteiger partial charge in [-0.1, -0.05) is 17.4 Å². The number of aryl methyl sites for hydroxylation is 2. The fourth-order valence-corrected chi connectivity index (χ4v) is 5.63. The van der Waals surface area contributed by atoms with E-state index in [0.29, 0.717) is 6.54 Å². The van der Waals surface area contributed by atoms with Gasteiger partial charge in [0.2, 0.25) is 0 Å². The quantitative estimate of drug-likeness (QED) is 0.531. The maximum absolute atomic E-state index is 13.3. The van der Waals surface area contributed by atoms with Gasteiger partial charge in [-0.05, 0) is 59.1 Å². The molecule has 0 aliphatic carbocycles. The van der Waals surface area contributed by atoms with Crippen LogP contribution in [0.15, 0.2) is 28.1 Å². The maximum Gasteiger partial charge on any atom is 0.270 e. The number of carbonyl (C=O) groups is 1. The molecule has 0 radical (unpaired) electrons. The summed E-state index contributed by atoms with van der Waals surface area (Å²) in [4.78, 5) is 23.1. The van der Waals surface area contributed by atoms with Crippen LogP contribution in [0.4, 0.5) is 5.13 Å². The number of carbonyl (C=O) groups excluding carboxylic acids is 1. The van der Waals surface area contributed by atoms with Gasteiger partial charge in [0.05, 0.1) is 32.1 Å². The third-order valence-electron chi connectivity index (χ3n) is 5.08. The summed E-state index contributed by atoms with van der Waals surface area (Å²) in [7, 11) is 0. The van der Waals surface area contributed by atoms with Gasteiger partial charge in [-0.3, -0.25) is 14.6 Å². The molecule has 2 aromatic heterocycles. The molecule has 8 heteroatoms. The summed E-state index contributed by atoms with van der Waals surface area (Å²) in [5.41, 5.74) is 3.40. The van der Waals surface area contributed by atoms with Gasteiger partial charge in [-0.2, -0.15) is 0 Å². The van der Waals surface area contributed by atoms with Crippen molar-refractivity contribution in [3.05, 3.63) is 44.1 Å². The molecule has 1 aliphatic rings. The summed E-state index contributed by atoms with van der Waals surface area (Å²) in [5.74, 6) is 0.0115. The number of benzene rings is 1. The molecule has 5 nitrogen and oxygen atoms in total. The predicted molar refractivity (Wildman–Crippen MR) is 120 cm³/mol. The van der Waals surface area contributed by atoms with Crippen molar-refractivity contribution in [2.45, 2.75) is 13.8 Å². The van der Waals surface area contributed by atoms with E-state index in [1.54, 1.807) is 11.3 Å². The molecular formula is C20H22BrN3O2S2. The average Bonchev–Trinajstić information content (AvgIpc) is 3.32. The molecule has 1 saturated heterocycles. The van der Waals surface area contributed by atoms with Gasteiger partial charge in [0.1, 0.15) is 0 Å². The lowest BCUT2D eigenvalue weighted by Crippen LogP contribution is -2.43. The number of ether oxygens (including phenoxy) is 1. The van der Waals surface area contributed by atoms with Gasteiger partial charge >= 0.3 is 0 Å². The number of thiazole rings is 1. The van der Waals surface area contributed by atoms with Crippen molar-refractivity contribution in [3.63, 3.8) is 0 Å². The van der Waals surface area contributed by atoms with Crippen molar-refractivity contribution in [3.8, 4) is 0 Å². The molecule has 28 heavy (non-hydrogen) atoms. The molecule has 0 spiro atoms. The summed E-state index contributed by atoms with van der Waals surface area (Å²) in [6.45, 7) is 8.95. The number of aromatic nitrogens is 1. The Morgan fingerprint density at radius 3 is 2.71 bits per heavy atom. The SMILES string of the molecule is Cc1ccc2sc(N(CCN3CCOCC3)C(=O)c3ccc(Br)s3)nc2c1C. The maximum atomic E-state index is 13.3. The highest BCUT2D eigenvalue weighted by molar-refractivity contribution is 9.11. The minimum atomic E-state index is 0.0115. The van der Waals surface area contributed by atoms with Crippen LogP contribution in [0.5, 0.6) is 0 Å². The predicted octanol–water partition coefficient (Wildman–Crippen LogP) is 4.72. The number of hydrogen-bond donors (Lipinski definition) is 0. The Labute approximate surface area is 181 Å². The summed E-state index contributed by atoms with van der Waals surface area (Å²) >= 11 is 6.52. The molecule has 0 saturated carbocycles. The Bertz CT molecular complexity index is 995. The molecule has 1 aliphatic heterocycles. The van der Waals surface area contributed by atoms with Crippen LogP contribution in [0.3, 0.4) is 0 Å². The molecular weight excluding hydrogens is 458 g/mol. The monoisotopic (exact) mass is 479 g/mol. The minimum absolute atomic E-state index is 0.0115. The number of hydrogen-bond acceptors (Lipinski definition) is 6. The summed E-state index contributed by atoms with van der Waals surface area (Å²) in [6.07, 6.45) is 0. The van der Waals surface area contributed by atoms with Crippen molar-refractivity contribution >= 4 is 59.9 Å². The number of nitrogens with zero attached hydrogens (tertiary/aromatic N) is 3. The number of thiophene rings is 1. The van der Waals surface area contributed by atoms with Crippen LogP contribution >= 0.6 is 38.6 Å². The van der Waals surface area contributed by atoms with Crippen molar-refractivity contribution in [1.82, 2.24) is 9.88 Å². The highest BCUT2D eigenvalue weighted by Crippen LogP contribution is 2.33. The van der Waals surface area contributed by atoms with E-state index in [9.17, 15) is 4.79 Å². The molecule has 0 atom stereocenters. The Balaban J connectivity index is 1.65. The Morgan fingerprint density at radius 1 is 1.21 bits per heavy atom. The lowest BCUT2D eigenvalue weighted by atomic mass is 10.1. The zero-order chi connectivity index (χ0) is 19.7. The van der Waals surface area contributed by atoms with Crippen LogP contribution in [-0.2, 0) is 4.74 Å². The van der Waals surface area contributed by atoms with Gasteiger partial charge in [0, 0.05) is 26.2 Å². The fraction of sp³-hybridized carbons (Fsp3) is 0.400. The van der Waals surface area contributed by atoms with E-state index < -0.39 is 0 Å². The van der Waals surface area contributed by atoms with E-state index in [4.69, 9.17) is 9.72 Å². The molecule has 0 unspecified atom stereocenters. The van der Waals surface area contributed by atoms with Crippen LogP contribution in [0.1, 0.15) is 20.8 Å². The Kier molecular flexibility index (Phi) is 6.13. The molecule has 148 valence electrons. The molecule has 1 fully saturated rings. The second-order valence-corrected chi connectivity index (χ2v) is 10.3. The van der Waals surface area contributed by atoms with Gasteiger partial charge < -0.3 is 4.74 Å². The van der Waals surface area contributed by atoms with E-state index in [1.165, 1.54) is 22.5 Å². The Morgan fingerprint density at radius 2 is 2.00 bits per heavy atom. The molecule has 0 N–H and O–H groups in total. The van der Waals surface area contributed by atoms with Crippen molar-refractivity contribution in [2.75, 3.05) is 44.3 Å². The van der Waals surface area contributed by atoms with Gasteiger partial charge in [-0.25, -0.2) is 4.98 Å². The molecule has 4 rings (SSSR count). The summed E-state index contributed by atoms with van der Waals surface area (Å²) in [6, 6.07) is 8.02. The zero-order valence-corrected chi connectivity index (χ0v) is 19.1. The van der Waals surface area contributed by atoms with E-state index >= 15 is 0 Å². The second-order valence-electron chi connectivity index (χ2n) is 6.87. The number of amides is 1. The van der Waals surface area contributed by atoms with Crippen LogP contribution in [-0.4, -0.2) is 55.2 Å². The molecule has 1 aromatic carbocycles. The highest BCUT2D eigenvalue weighted by Gasteiger charge is 2.24. The first-order chi connectivity index (χ1) is 13.5. The first kappa shape index (κ1) is 20.0. The third kappa shape index (κ3) is 4.16. The normalized spacial score (nSPS) is 15.2. The number of rotatable bonds is 5. The standard InChI is InChI=1S/C20H22BrN3O2S2/c1-13-3-4-15-18(14(13)2)22-20(28-15)24(8-7-23-9-11-26-12-10-23)19(25)16-5-6-17(21)27-16/h3-6H,7-12H2,1-2H3. The molecule has 1 amide bonds. The van der Waals surface area contributed by atoms with E-state index in [1.807, 2.05) is 17.0 Å². The average molecular weight is 480 g/mol. The highest BCUT2D eigenvalue weighted by atomic mass is 79.9. The van der Waals surface area contributed by atoms with E-state index in [-0.39, 0.29) is 5.91 Å². The smallest absolute Gasteiger partial charge is 0.270 e. The molecule has 3 aromatic rings. The van der Waals surface area contributed by atoms with Crippen molar-refractivity contribution < 1.29 is 9.53 Å². The number of halogens is 1. The third-order valence-corrected chi connectivity index (χ3v) is 7.73. The molecule has 3 heterocycles. The van der Waals surface area contributed by atoms with Crippen LogP contribution < -0.4 is 4.90 Å². The first-order valence-corrected chi connectivity index (χ1v) is 11.7. The number of fused-ring (bicyclic) bond motifs is 1. The largest absolute Gasteiger partial charge is 0.379 e. The summed E-state index contributed by atoms with van der Waals surface area (Å²) in [5, 5.41) is 0.770. The van der Waals surface area contributed by atoms with Gasteiger partial charge in [-0.15, -0.1) is 11.3 Å². The van der Waals surface area contributed by atoms with Crippen LogP contribution in [0.25, 0.3) is 10.2 Å². The first-order valence-electron chi connectivity index (χ1n) is 9.27. The van der Waals surface area contributed by atoms with Crippen molar-refractivity contribution in [1.29, 1.82) is 0 Å². The lowest BCUT2D eigenvalue weighted by molar-refractivity contribution is 0.0391. The van der Waals surface area contributed by atoms with Gasteiger partial charge in [0.15, 0.2) is 5.13 Å². The zero-order valence-electron chi connectivity index (χ0n) is 15.9. The fourth-order valence-electron chi connectivity index (χ4n) is 3.24. The van der Waals surface area contributed by atoms with Crippen molar-refractivity contribution in [2.24, 2.45) is 0 Å². The molecule has 0 bridgehead atoms.